The lowest BCUT2D eigenvalue weighted by atomic mass is 10.0. The Morgan fingerprint density at radius 1 is 1.14 bits per heavy atom. The van der Waals surface area contributed by atoms with Crippen LogP contribution in [-0.2, 0) is 6.42 Å². The topological polar surface area (TPSA) is 72.2 Å². The van der Waals surface area contributed by atoms with E-state index in [0.717, 1.165) is 39.9 Å². The summed E-state index contributed by atoms with van der Waals surface area (Å²) in [6.07, 6.45) is 1.84. The van der Waals surface area contributed by atoms with Crippen molar-refractivity contribution in [2.24, 2.45) is 0 Å². The van der Waals surface area contributed by atoms with Gasteiger partial charge in [0.1, 0.15) is 5.01 Å². The molecule has 0 unspecified atom stereocenters. The van der Waals surface area contributed by atoms with E-state index in [4.69, 9.17) is 0 Å². The number of benzene rings is 2. The molecular weight excluding hydrogens is 382 g/mol. The van der Waals surface area contributed by atoms with E-state index in [-0.39, 0.29) is 5.91 Å². The summed E-state index contributed by atoms with van der Waals surface area (Å²) in [6.45, 7) is 6.38. The van der Waals surface area contributed by atoms with E-state index in [9.17, 15) is 4.79 Å². The van der Waals surface area contributed by atoms with Crippen LogP contribution in [0.5, 0.6) is 0 Å². The van der Waals surface area contributed by atoms with Crippen LogP contribution in [0.4, 0.5) is 5.69 Å². The molecule has 7 heteroatoms. The average Bonchev–Trinajstić information content (AvgIpc) is 3.30. The molecule has 4 rings (SSSR count). The van der Waals surface area contributed by atoms with Gasteiger partial charge in [-0.2, -0.15) is 9.61 Å². The number of nitrogens with zero attached hydrogens (tertiary/aromatic N) is 4. The van der Waals surface area contributed by atoms with Crippen LogP contribution in [0, 0.1) is 0 Å². The number of aryl methyl sites for hydroxylation is 1. The van der Waals surface area contributed by atoms with Crippen LogP contribution in [0.25, 0.3) is 15.5 Å². The summed E-state index contributed by atoms with van der Waals surface area (Å²) in [5.41, 5.74) is 3.54. The van der Waals surface area contributed by atoms with Crippen LogP contribution >= 0.6 is 11.3 Å². The van der Waals surface area contributed by atoms with E-state index < -0.39 is 0 Å². The minimum Gasteiger partial charge on any atom is -0.322 e. The zero-order chi connectivity index (χ0) is 20.4. The average molecular weight is 406 g/mol. The molecule has 29 heavy (non-hydrogen) atoms. The third-order valence-corrected chi connectivity index (χ3v) is 5.68. The van der Waals surface area contributed by atoms with Gasteiger partial charge in [-0.25, -0.2) is 0 Å². The second-order valence-electron chi connectivity index (χ2n) is 7.28. The second kappa shape index (κ2) is 8.13. The quantitative estimate of drug-likeness (QED) is 0.480. The first kappa shape index (κ1) is 19.3. The smallest absolute Gasteiger partial charge is 0.255 e. The molecule has 4 aromatic rings. The van der Waals surface area contributed by atoms with E-state index >= 15 is 0 Å². The molecule has 1 amide bonds. The fraction of sp³-hybridized carbons (Fsp3) is 0.273. The highest BCUT2D eigenvalue weighted by Gasteiger charge is 2.13. The highest BCUT2D eigenvalue weighted by atomic mass is 32.1. The van der Waals surface area contributed by atoms with Gasteiger partial charge in [0.15, 0.2) is 5.82 Å². The second-order valence-corrected chi connectivity index (χ2v) is 8.24. The molecule has 0 fully saturated rings. The zero-order valence-corrected chi connectivity index (χ0v) is 17.5. The van der Waals surface area contributed by atoms with Crippen molar-refractivity contribution in [1.29, 1.82) is 0 Å². The Labute approximate surface area is 173 Å². The van der Waals surface area contributed by atoms with Crippen LogP contribution < -0.4 is 5.32 Å². The summed E-state index contributed by atoms with van der Waals surface area (Å²) >= 11 is 1.49. The minimum absolute atomic E-state index is 0.124. The first-order valence-electron chi connectivity index (χ1n) is 9.78. The van der Waals surface area contributed by atoms with Crippen molar-refractivity contribution in [2.45, 2.75) is 39.5 Å². The molecule has 0 saturated heterocycles. The molecule has 6 nitrogen and oxygen atoms in total. The molecule has 0 aliphatic rings. The normalized spacial score (nSPS) is 11.3. The van der Waals surface area contributed by atoms with E-state index in [1.165, 1.54) is 16.9 Å². The van der Waals surface area contributed by atoms with Gasteiger partial charge in [0.2, 0.25) is 4.96 Å². The van der Waals surface area contributed by atoms with Gasteiger partial charge in [0.05, 0.1) is 0 Å². The molecule has 0 bridgehead atoms. The lowest BCUT2D eigenvalue weighted by Crippen LogP contribution is -2.11. The zero-order valence-electron chi connectivity index (χ0n) is 16.7. The number of rotatable bonds is 6. The van der Waals surface area contributed by atoms with Gasteiger partial charge < -0.3 is 5.32 Å². The Morgan fingerprint density at radius 3 is 2.66 bits per heavy atom. The summed E-state index contributed by atoms with van der Waals surface area (Å²) in [7, 11) is 0. The highest BCUT2D eigenvalue weighted by molar-refractivity contribution is 7.19. The maximum absolute atomic E-state index is 12.6. The number of anilines is 1. The molecule has 2 aromatic carbocycles. The lowest BCUT2D eigenvalue weighted by Gasteiger charge is -2.08. The van der Waals surface area contributed by atoms with Gasteiger partial charge in [-0.3, -0.25) is 4.79 Å². The van der Waals surface area contributed by atoms with Gasteiger partial charge >= 0.3 is 0 Å². The molecule has 0 radical (unpaired) electrons. The third-order valence-electron chi connectivity index (χ3n) is 4.74. The highest BCUT2D eigenvalue weighted by Crippen LogP contribution is 2.28. The predicted molar refractivity (Wildman–Crippen MR) is 117 cm³/mol. The molecule has 2 heterocycles. The van der Waals surface area contributed by atoms with Crippen molar-refractivity contribution in [1.82, 2.24) is 19.8 Å². The Balaban J connectivity index is 1.55. The maximum Gasteiger partial charge on any atom is 0.255 e. The van der Waals surface area contributed by atoms with Crippen molar-refractivity contribution in [3.63, 3.8) is 0 Å². The van der Waals surface area contributed by atoms with Crippen LogP contribution in [0.2, 0.25) is 0 Å². The summed E-state index contributed by atoms with van der Waals surface area (Å²) in [4.78, 5) is 13.4. The minimum atomic E-state index is -0.124. The van der Waals surface area contributed by atoms with Crippen LogP contribution in [0.1, 0.15) is 54.9 Å². The summed E-state index contributed by atoms with van der Waals surface area (Å²) in [5.74, 6) is 1.19. The molecule has 2 aromatic heterocycles. The van der Waals surface area contributed by atoms with Crippen LogP contribution in [0.15, 0.2) is 48.5 Å². The standard InChI is InChI=1S/C22H23N5OS/c1-4-6-19-24-25-22-27(19)26-21(29-22)17-7-5-8-18(13-17)23-20(28)16-11-9-15(10-12-16)14(2)3/h5,7-14H,4,6H2,1-3H3,(H,23,28). The van der Waals surface area contributed by atoms with Crippen molar-refractivity contribution >= 4 is 27.9 Å². The van der Waals surface area contributed by atoms with E-state index in [1.54, 1.807) is 0 Å². The fourth-order valence-corrected chi connectivity index (χ4v) is 3.96. The number of amides is 1. The summed E-state index contributed by atoms with van der Waals surface area (Å²) in [5, 5.41) is 16.9. The molecule has 1 N–H and O–H groups in total. The molecule has 0 atom stereocenters. The Kier molecular flexibility index (Phi) is 5.40. The molecule has 148 valence electrons. The van der Waals surface area contributed by atoms with Crippen molar-refractivity contribution in [3.8, 4) is 10.6 Å². The van der Waals surface area contributed by atoms with Gasteiger partial charge in [-0.15, -0.1) is 10.2 Å². The van der Waals surface area contributed by atoms with Crippen LogP contribution in [0.3, 0.4) is 0 Å². The van der Waals surface area contributed by atoms with Gasteiger partial charge in [-0.05, 0) is 42.2 Å². The number of carbonyl (C=O) groups is 1. The van der Waals surface area contributed by atoms with Crippen molar-refractivity contribution < 1.29 is 4.79 Å². The molecule has 0 aliphatic carbocycles. The first-order chi connectivity index (χ1) is 14.0. The largest absolute Gasteiger partial charge is 0.322 e. The van der Waals surface area contributed by atoms with Crippen LogP contribution in [-0.4, -0.2) is 25.7 Å². The monoisotopic (exact) mass is 405 g/mol. The number of aromatic nitrogens is 4. The van der Waals surface area contributed by atoms with Gasteiger partial charge in [0, 0.05) is 23.2 Å². The number of hydrogen-bond donors (Lipinski definition) is 1. The number of hydrogen-bond acceptors (Lipinski definition) is 5. The summed E-state index contributed by atoms with van der Waals surface area (Å²) < 4.78 is 1.81. The Morgan fingerprint density at radius 2 is 1.93 bits per heavy atom. The first-order valence-corrected chi connectivity index (χ1v) is 10.6. The SMILES string of the molecule is CCCc1nnc2sc(-c3cccc(NC(=O)c4ccc(C(C)C)cc4)c3)nn12. The third kappa shape index (κ3) is 4.05. The predicted octanol–water partition coefficient (Wildman–Crippen LogP) is 5.18. The van der Waals surface area contributed by atoms with Crippen molar-refractivity contribution in [2.75, 3.05) is 5.32 Å². The molecule has 0 aliphatic heterocycles. The molecule has 0 saturated carbocycles. The number of fused-ring (bicyclic) bond motifs is 1. The van der Waals surface area contributed by atoms with E-state index in [0.29, 0.717) is 11.5 Å². The number of nitrogens with one attached hydrogen (secondary N) is 1. The summed E-state index contributed by atoms with van der Waals surface area (Å²) in [6, 6.07) is 15.5. The Hall–Kier alpha value is -3.06. The molecule has 0 spiro atoms. The lowest BCUT2D eigenvalue weighted by molar-refractivity contribution is 0.102. The fourth-order valence-electron chi connectivity index (χ4n) is 3.11. The van der Waals surface area contributed by atoms with Gasteiger partial charge in [0.25, 0.3) is 5.91 Å². The maximum atomic E-state index is 12.6. The van der Waals surface area contributed by atoms with Gasteiger partial charge in [-0.1, -0.05) is 56.4 Å². The number of carbonyl (C=O) groups excluding carboxylic acids is 1. The van der Waals surface area contributed by atoms with E-state index in [1.807, 2.05) is 53.0 Å². The van der Waals surface area contributed by atoms with E-state index in [2.05, 4.69) is 41.4 Å². The van der Waals surface area contributed by atoms with Crippen molar-refractivity contribution in [3.05, 3.63) is 65.5 Å². The molecular formula is C22H23N5OS. The Bertz CT molecular complexity index is 1140.